The quantitative estimate of drug-likeness (QED) is 0.416. The largest absolute Gasteiger partial charge is 0.468 e. The van der Waals surface area contributed by atoms with Gasteiger partial charge in [0.25, 0.3) is 0 Å². The highest BCUT2D eigenvalue weighted by Crippen LogP contribution is 2.54. The monoisotopic (exact) mass is 226 g/mol. The highest BCUT2D eigenvalue weighted by atomic mass is 16.5. The van der Waals surface area contributed by atoms with E-state index in [2.05, 4.69) is 9.47 Å². The van der Waals surface area contributed by atoms with E-state index in [1.807, 2.05) is 19.9 Å². The summed E-state index contributed by atoms with van der Waals surface area (Å²) in [5.41, 5.74) is 0.717. The molecule has 0 aromatic rings. The highest BCUT2D eigenvalue weighted by Gasteiger charge is 2.55. The van der Waals surface area contributed by atoms with E-state index in [0.29, 0.717) is 0 Å². The second kappa shape index (κ2) is 4.68. The van der Waals surface area contributed by atoms with E-state index in [-0.39, 0.29) is 5.41 Å². The molecule has 1 aliphatic carbocycles. The van der Waals surface area contributed by atoms with Crippen LogP contribution >= 0.6 is 0 Å². The van der Waals surface area contributed by atoms with Crippen LogP contribution in [-0.4, -0.2) is 26.2 Å². The second-order valence-corrected chi connectivity index (χ2v) is 4.43. The lowest BCUT2D eigenvalue weighted by atomic mass is 9.87. The van der Waals surface area contributed by atoms with E-state index >= 15 is 0 Å². The Kier molecular flexibility index (Phi) is 3.73. The van der Waals surface area contributed by atoms with E-state index in [1.165, 1.54) is 14.2 Å². The Balaban J connectivity index is 2.98. The van der Waals surface area contributed by atoms with E-state index in [4.69, 9.17) is 0 Å². The molecular formula is C12H18O4. The number of esters is 2. The SMILES string of the molecule is COC(=O)C(C(=O)OC)C1(C=C(C)C)CC1. The number of hydrogen-bond donors (Lipinski definition) is 0. The molecule has 0 aromatic carbocycles. The summed E-state index contributed by atoms with van der Waals surface area (Å²) in [5, 5.41) is 0. The maximum atomic E-state index is 11.6. The van der Waals surface area contributed by atoms with Gasteiger partial charge in [-0.05, 0) is 26.7 Å². The van der Waals surface area contributed by atoms with Gasteiger partial charge in [-0.2, -0.15) is 0 Å². The maximum Gasteiger partial charge on any atom is 0.320 e. The molecule has 1 saturated carbocycles. The van der Waals surface area contributed by atoms with Gasteiger partial charge in [-0.15, -0.1) is 0 Å². The van der Waals surface area contributed by atoms with Crippen molar-refractivity contribution >= 4 is 11.9 Å². The third-order valence-electron chi connectivity index (χ3n) is 2.85. The third-order valence-corrected chi connectivity index (χ3v) is 2.85. The first kappa shape index (κ1) is 12.7. The van der Waals surface area contributed by atoms with E-state index < -0.39 is 17.9 Å². The molecule has 1 aliphatic rings. The van der Waals surface area contributed by atoms with E-state index in [0.717, 1.165) is 18.4 Å². The first-order valence-electron chi connectivity index (χ1n) is 5.28. The number of ether oxygens (including phenoxy) is 2. The number of carbonyl (C=O) groups is 2. The van der Waals surface area contributed by atoms with Crippen molar-refractivity contribution in [1.29, 1.82) is 0 Å². The molecule has 0 spiro atoms. The standard InChI is InChI=1S/C12H18O4/c1-8(2)7-12(5-6-12)9(10(13)15-3)11(14)16-4/h7,9H,5-6H2,1-4H3. The maximum absolute atomic E-state index is 11.6. The second-order valence-electron chi connectivity index (χ2n) is 4.43. The van der Waals surface area contributed by atoms with E-state index in [9.17, 15) is 9.59 Å². The Morgan fingerprint density at radius 3 is 1.81 bits per heavy atom. The van der Waals surface area contributed by atoms with E-state index in [1.54, 1.807) is 0 Å². The number of methoxy groups -OCH3 is 2. The van der Waals surface area contributed by atoms with Gasteiger partial charge >= 0.3 is 11.9 Å². The molecule has 0 aromatic heterocycles. The average molecular weight is 226 g/mol. The molecule has 0 amide bonds. The van der Waals surface area contributed by atoms with Gasteiger partial charge in [-0.1, -0.05) is 11.6 Å². The molecule has 0 radical (unpaired) electrons. The van der Waals surface area contributed by atoms with Crippen molar-refractivity contribution in [3.63, 3.8) is 0 Å². The lowest BCUT2D eigenvalue weighted by Crippen LogP contribution is -2.34. The summed E-state index contributed by atoms with van der Waals surface area (Å²) in [4.78, 5) is 23.3. The van der Waals surface area contributed by atoms with Crippen molar-refractivity contribution in [3.05, 3.63) is 11.6 Å². The minimum Gasteiger partial charge on any atom is -0.468 e. The van der Waals surface area contributed by atoms with Crippen LogP contribution in [-0.2, 0) is 19.1 Å². The van der Waals surface area contributed by atoms with Gasteiger partial charge in [0.1, 0.15) is 0 Å². The topological polar surface area (TPSA) is 52.6 Å². The molecule has 1 fully saturated rings. The van der Waals surface area contributed by atoms with Crippen molar-refractivity contribution in [1.82, 2.24) is 0 Å². The molecule has 0 aliphatic heterocycles. The normalized spacial score (nSPS) is 16.6. The van der Waals surface area contributed by atoms with Crippen LogP contribution in [0.2, 0.25) is 0 Å². The summed E-state index contributed by atoms with van der Waals surface area (Å²) in [6.45, 7) is 3.90. The molecule has 4 heteroatoms. The minimum atomic E-state index is -0.822. The molecule has 16 heavy (non-hydrogen) atoms. The van der Waals surface area contributed by atoms with Crippen molar-refractivity contribution in [2.24, 2.45) is 11.3 Å². The molecule has 90 valence electrons. The molecule has 0 bridgehead atoms. The summed E-state index contributed by atoms with van der Waals surface area (Å²) < 4.78 is 9.35. The average Bonchev–Trinajstić information content (AvgIpc) is 2.97. The summed E-state index contributed by atoms with van der Waals surface area (Å²) >= 11 is 0. The first-order valence-corrected chi connectivity index (χ1v) is 5.28. The van der Waals surface area contributed by atoms with Crippen LogP contribution in [0.3, 0.4) is 0 Å². The van der Waals surface area contributed by atoms with Crippen LogP contribution in [0.5, 0.6) is 0 Å². The van der Waals surface area contributed by atoms with Crippen molar-refractivity contribution in [2.45, 2.75) is 26.7 Å². The summed E-state index contributed by atoms with van der Waals surface area (Å²) in [7, 11) is 2.58. The lowest BCUT2D eigenvalue weighted by Gasteiger charge is -2.20. The zero-order valence-electron chi connectivity index (χ0n) is 10.2. The molecule has 0 atom stereocenters. The van der Waals surface area contributed by atoms with Gasteiger partial charge in [0.05, 0.1) is 14.2 Å². The Morgan fingerprint density at radius 1 is 1.12 bits per heavy atom. The predicted molar refractivity (Wildman–Crippen MR) is 58.6 cm³/mol. The Bertz CT molecular complexity index is 306. The van der Waals surface area contributed by atoms with Crippen LogP contribution in [0.1, 0.15) is 26.7 Å². The number of allylic oxidation sites excluding steroid dienone is 2. The summed E-state index contributed by atoms with van der Waals surface area (Å²) in [6.07, 6.45) is 3.63. The number of hydrogen-bond acceptors (Lipinski definition) is 4. The molecular weight excluding hydrogens is 208 g/mol. The van der Waals surface area contributed by atoms with Crippen molar-refractivity contribution < 1.29 is 19.1 Å². The van der Waals surface area contributed by atoms with Gasteiger partial charge in [-0.3, -0.25) is 9.59 Å². The van der Waals surface area contributed by atoms with Crippen LogP contribution in [0.15, 0.2) is 11.6 Å². The van der Waals surface area contributed by atoms with Gasteiger partial charge in [-0.25, -0.2) is 0 Å². The van der Waals surface area contributed by atoms with Crippen LogP contribution < -0.4 is 0 Å². The molecule has 0 N–H and O–H groups in total. The van der Waals surface area contributed by atoms with Crippen LogP contribution in [0, 0.1) is 11.3 Å². The molecule has 4 nitrogen and oxygen atoms in total. The number of rotatable bonds is 4. The first-order chi connectivity index (χ1) is 7.46. The third kappa shape index (κ3) is 2.43. The highest BCUT2D eigenvalue weighted by molar-refractivity contribution is 5.96. The lowest BCUT2D eigenvalue weighted by molar-refractivity contribution is -0.161. The fourth-order valence-electron chi connectivity index (χ4n) is 2.04. The zero-order valence-corrected chi connectivity index (χ0v) is 10.2. The Morgan fingerprint density at radius 2 is 1.56 bits per heavy atom. The Labute approximate surface area is 95.6 Å². The van der Waals surface area contributed by atoms with Gasteiger partial charge in [0.15, 0.2) is 5.92 Å². The van der Waals surface area contributed by atoms with Gasteiger partial charge in [0.2, 0.25) is 0 Å². The Hall–Kier alpha value is -1.32. The molecule has 0 heterocycles. The van der Waals surface area contributed by atoms with Gasteiger partial charge in [0, 0.05) is 5.41 Å². The fraction of sp³-hybridized carbons (Fsp3) is 0.667. The number of carbonyl (C=O) groups excluding carboxylic acids is 2. The van der Waals surface area contributed by atoms with Crippen molar-refractivity contribution in [2.75, 3.05) is 14.2 Å². The zero-order chi connectivity index (χ0) is 12.3. The summed E-state index contributed by atoms with van der Waals surface area (Å²) in [6, 6.07) is 0. The smallest absolute Gasteiger partial charge is 0.320 e. The molecule has 0 unspecified atom stereocenters. The van der Waals surface area contributed by atoms with Crippen LogP contribution in [0.4, 0.5) is 0 Å². The minimum absolute atomic E-state index is 0.376. The predicted octanol–water partition coefficient (Wildman–Crippen LogP) is 1.69. The van der Waals surface area contributed by atoms with Crippen LogP contribution in [0.25, 0.3) is 0 Å². The molecule has 0 saturated heterocycles. The molecule has 1 rings (SSSR count). The summed E-state index contributed by atoms with van der Waals surface area (Å²) in [5.74, 6) is -1.85. The van der Waals surface area contributed by atoms with Gasteiger partial charge < -0.3 is 9.47 Å². The van der Waals surface area contributed by atoms with Crippen molar-refractivity contribution in [3.8, 4) is 0 Å². The fourth-order valence-corrected chi connectivity index (χ4v) is 2.04.